The van der Waals surface area contributed by atoms with E-state index in [1.165, 1.54) is 43.2 Å². The first-order valence-electron chi connectivity index (χ1n) is 5.89. The molecule has 1 aromatic rings. The average Bonchev–Trinajstić information content (AvgIpc) is 2.66. The van der Waals surface area contributed by atoms with Crippen molar-refractivity contribution < 1.29 is 0 Å². The Bertz CT molecular complexity index is 433. The number of halogens is 1. The molecule has 0 heterocycles. The summed E-state index contributed by atoms with van der Waals surface area (Å²) in [6.07, 6.45) is 6.79. The van der Waals surface area contributed by atoms with E-state index in [0.29, 0.717) is 0 Å². The Morgan fingerprint density at radius 3 is 2.81 bits per heavy atom. The van der Waals surface area contributed by atoms with Gasteiger partial charge in [-0.2, -0.15) is 0 Å². The number of fused-ring (bicyclic) bond motifs is 3. The lowest BCUT2D eigenvalue weighted by molar-refractivity contribution is 0.330. The second kappa shape index (κ2) is 4.47. The minimum Gasteiger partial charge on any atom is -0.238 e. The molecule has 16 heavy (non-hydrogen) atoms. The van der Waals surface area contributed by atoms with Crippen LogP contribution < -0.4 is 0 Å². The van der Waals surface area contributed by atoms with E-state index in [1.807, 2.05) is 6.07 Å². The molecule has 2 heteroatoms. The Balaban J connectivity index is 0.000000963. The van der Waals surface area contributed by atoms with Gasteiger partial charge in [-0.25, -0.2) is 4.85 Å². The van der Waals surface area contributed by atoms with Gasteiger partial charge in [0.15, 0.2) is 5.69 Å². The fourth-order valence-electron chi connectivity index (χ4n) is 3.33. The minimum atomic E-state index is 0. The van der Waals surface area contributed by atoms with E-state index in [1.54, 1.807) is 0 Å². The molecule has 2 aliphatic rings. The van der Waals surface area contributed by atoms with E-state index in [-0.39, 0.29) is 12.4 Å². The van der Waals surface area contributed by atoms with Gasteiger partial charge in [-0.15, -0.1) is 12.4 Å². The summed E-state index contributed by atoms with van der Waals surface area (Å²) in [6, 6.07) is 6.29. The summed E-state index contributed by atoms with van der Waals surface area (Å²) in [5.74, 6) is 1.66. The molecule has 3 rings (SSSR count). The molecule has 0 aliphatic heterocycles. The molecule has 2 aliphatic carbocycles. The maximum absolute atomic E-state index is 7.06. The van der Waals surface area contributed by atoms with Crippen LogP contribution in [-0.2, 0) is 6.42 Å². The number of benzene rings is 1. The van der Waals surface area contributed by atoms with E-state index in [2.05, 4.69) is 17.0 Å². The Hall–Kier alpha value is -1.00. The SMILES string of the molecule is Cl.[C-]#[N+]c1ccc2c(c1)C1CCCCC1C2. The average molecular weight is 234 g/mol. The highest BCUT2D eigenvalue weighted by Crippen LogP contribution is 2.47. The van der Waals surface area contributed by atoms with Crippen molar-refractivity contribution in [2.75, 3.05) is 0 Å². The molecule has 0 amide bonds. The van der Waals surface area contributed by atoms with Crippen LogP contribution in [0.2, 0.25) is 0 Å². The zero-order chi connectivity index (χ0) is 10.3. The van der Waals surface area contributed by atoms with E-state index in [4.69, 9.17) is 6.57 Å². The summed E-state index contributed by atoms with van der Waals surface area (Å²) in [5, 5.41) is 0. The smallest absolute Gasteiger partial charge is 0.187 e. The zero-order valence-corrected chi connectivity index (χ0v) is 10.1. The minimum absolute atomic E-state index is 0. The molecule has 0 radical (unpaired) electrons. The monoisotopic (exact) mass is 233 g/mol. The molecule has 1 aromatic carbocycles. The maximum atomic E-state index is 7.06. The first kappa shape index (κ1) is 11.5. The molecule has 1 nitrogen and oxygen atoms in total. The summed E-state index contributed by atoms with van der Waals surface area (Å²) in [7, 11) is 0. The first-order chi connectivity index (χ1) is 7.38. The van der Waals surface area contributed by atoms with Gasteiger partial charge in [0.25, 0.3) is 0 Å². The molecule has 84 valence electrons. The number of rotatable bonds is 0. The normalized spacial score (nSPS) is 26.2. The van der Waals surface area contributed by atoms with Crippen LogP contribution in [0.5, 0.6) is 0 Å². The van der Waals surface area contributed by atoms with Gasteiger partial charge in [-0.3, -0.25) is 0 Å². The van der Waals surface area contributed by atoms with Crippen molar-refractivity contribution in [2.24, 2.45) is 5.92 Å². The fraction of sp³-hybridized carbons (Fsp3) is 0.500. The van der Waals surface area contributed by atoms with E-state index in [9.17, 15) is 0 Å². The number of hydrogen-bond donors (Lipinski definition) is 0. The lowest BCUT2D eigenvalue weighted by atomic mass is 9.80. The third kappa shape index (κ3) is 1.72. The molecule has 0 bridgehead atoms. The Kier molecular flexibility index (Phi) is 3.21. The highest BCUT2D eigenvalue weighted by molar-refractivity contribution is 5.85. The van der Waals surface area contributed by atoms with E-state index >= 15 is 0 Å². The molecule has 1 saturated carbocycles. The van der Waals surface area contributed by atoms with Crippen LogP contribution in [0.4, 0.5) is 5.69 Å². The Labute approximate surface area is 103 Å². The van der Waals surface area contributed by atoms with Crippen LogP contribution in [-0.4, -0.2) is 0 Å². The molecule has 2 unspecified atom stereocenters. The summed E-state index contributed by atoms with van der Waals surface area (Å²) in [4.78, 5) is 3.54. The predicted octanol–water partition coefficient (Wildman–Crippen LogP) is 4.49. The molecule has 1 fully saturated rings. The van der Waals surface area contributed by atoms with Gasteiger partial charge in [0, 0.05) is 0 Å². The quantitative estimate of drug-likeness (QED) is 0.582. The molecule has 0 aromatic heterocycles. The maximum Gasteiger partial charge on any atom is 0.187 e. The lowest BCUT2D eigenvalue weighted by Gasteiger charge is -2.25. The van der Waals surface area contributed by atoms with Gasteiger partial charge in [-0.05, 0) is 36.7 Å². The standard InChI is InChI=1S/C14H15N.ClH/c1-15-12-7-6-11-8-10-4-2-3-5-13(10)14(11)9-12;/h6-7,9-10,13H,2-5,8H2;1H. The van der Waals surface area contributed by atoms with E-state index in [0.717, 1.165) is 17.5 Å². The zero-order valence-electron chi connectivity index (χ0n) is 9.28. The van der Waals surface area contributed by atoms with Crippen LogP contribution in [0.25, 0.3) is 4.85 Å². The van der Waals surface area contributed by atoms with Crippen LogP contribution in [0.15, 0.2) is 18.2 Å². The summed E-state index contributed by atoms with van der Waals surface area (Å²) >= 11 is 0. The number of nitrogens with zero attached hydrogens (tertiary/aromatic N) is 1. The summed E-state index contributed by atoms with van der Waals surface area (Å²) in [5.41, 5.74) is 3.83. The summed E-state index contributed by atoms with van der Waals surface area (Å²) < 4.78 is 0. The van der Waals surface area contributed by atoms with Crippen molar-refractivity contribution in [3.8, 4) is 0 Å². The third-order valence-electron chi connectivity index (χ3n) is 4.05. The molecular formula is C14H16ClN. The second-order valence-corrected chi connectivity index (χ2v) is 4.85. The van der Waals surface area contributed by atoms with Crippen LogP contribution in [0, 0.1) is 12.5 Å². The molecule has 0 N–H and O–H groups in total. The first-order valence-corrected chi connectivity index (χ1v) is 5.89. The van der Waals surface area contributed by atoms with Crippen molar-refractivity contribution in [1.29, 1.82) is 0 Å². The number of hydrogen-bond acceptors (Lipinski definition) is 0. The van der Waals surface area contributed by atoms with Crippen LogP contribution in [0.1, 0.15) is 42.7 Å². The molecule has 2 atom stereocenters. The van der Waals surface area contributed by atoms with Crippen molar-refractivity contribution in [3.05, 3.63) is 40.7 Å². The van der Waals surface area contributed by atoms with Crippen LogP contribution in [0.3, 0.4) is 0 Å². The second-order valence-electron chi connectivity index (χ2n) is 4.85. The van der Waals surface area contributed by atoms with Gasteiger partial charge in [0.2, 0.25) is 0 Å². The van der Waals surface area contributed by atoms with E-state index < -0.39 is 0 Å². The van der Waals surface area contributed by atoms with Gasteiger partial charge >= 0.3 is 0 Å². The van der Waals surface area contributed by atoms with Crippen molar-refractivity contribution in [1.82, 2.24) is 0 Å². The van der Waals surface area contributed by atoms with Crippen LogP contribution >= 0.6 is 12.4 Å². The third-order valence-corrected chi connectivity index (χ3v) is 4.05. The lowest BCUT2D eigenvalue weighted by Crippen LogP contribution is -2.12. The fourth-order valence-corrected chi connectivity index (χ4v) is 3.33. The van der Waals surface area contributed by atoms with Gasteiger partial charge in [-0.1, -0.05) is 36.6 Å². The van der Waals surface area contributed by atoms with Crippen molar-refractivity contribution >= 4 is 18.1 Å². The van der Waals surface area contributed by atoms with Gasteiger partial charge < -0.3 is 0 Å². The molecular weight excluding hydrogens is 218 g/mol. The van der Waals surface area contributed by atoms with Gasteiger partial charge in [0.05, 0.1) is 6.57 Å². The largest absolute Gasteiger partial charge is 0.238 e. The van der Waals surface area contributed by atoms with Crippen molar-refractivity contribution in [2.45, 2.75) is 38.0 Å². The molecule has 0 spiro atoms. The Morgan fingerprint density at radius 1 is 1.19 bits per heavy atom. The van der Waals surface area contributed by atoms with Gasteiger partial charge in [0.1, 0.15) is 0 Å². The Morgan fingerprint density at radius 2 is 2.00 bits per heavy atom. The highest BCUT2D eigenvalue weighted by Gasteiger charge is 2.33. The highest BCUT2D eigenvalue weighted by atomic mass is 35.5. The topological polar surface area (TPSA) is 4.36 Å². The van der Waals surface area contributed by atoms with Crippen molar-refractivity contribution in [3.63, 3.8) is 0 Å². The predicted molar refractivity (Wildman–Crippen MR) is 68.4 cm³/mol. The molecule has 0 saturated heterocycles. The summed E-state index contributed by atoms with van der Waals surface area (Å²) in [6.45, 7) is 7.06.